The Morgan fingerprint density at radius 1 is 1.27 bits per heavy atom. The summed E-state index contributed by atoms with van der Waals surface area (Å²) in [6.45, 7) is 9.39. The van der Waals surface area contributed by atoms with E-state index in [0.29, 0.717) is 0 Å². The molecule has 0 heterocycles. The third-order valence-electron chi connectivity index (χ3n) is 2.16. The molecule has 0 aliphatic rings. The van der Waals surface area contributed by atoms with Crippen molar-refractivity contribution < 1.29 is 4.74 Å². The molecule has 15 heavy (non-hydrogen) atoms. The largest absolute Gasteiger partial charge is 0.467 e. The summed E-state index contributed by atoms with van der Waals surface area (Å²) in [6.07, 6.45) is 5.27. The SMILES string of the molecule is CC/C=C(/C)OC(CCCNC)=C(C)C. The molecule has 2 nitrogen and oxygen atoms in total. The van der Waals surface area contributed by atoms with E-state index >= 15 is 0 Å². The Kier molecular flexibility index (Phi) is 8.11. The second kappa shape index (κ2) is 8.54. The quantitative estimate of drug-likeness (QED) is 0.513. The van der Waals surface area contributed by atoms with E-state index in [1.54, 1.807) is 0 Å². The topological polar surface area (TPSA) is 21.3 Å². The Hall–Kier alpha value is -0.760. The van der Waals surface area contributed by atoms with Gasteiger partial charge in [-0.2, -0.15) is 0 Å². The first kappa shape index (κ1) is 14.2. The van der Waals surface area contributed by atoms with Crippen molar-refractivity contribution in [2.75, 3.05) is 13.6 Å². The molecule has 0 saturated heterocycles. The van der Waals surface area contributed by atoms with E-state index in [2.05, 4.69) is 32.2 Å². The molecular weight excluding hydrogens is 186 g/mol. The molecule has 1 N–H and O–H groups in total. The molecule has 0 aliphatic heterocycles. The Morgan fingerprint density at radius 2 is 1.93 bits per heavy atom. The molecule has 0 saturated carbocycles. The zero-order valence-corrected chi connectivity index (χ0v) is 10.8. The predicted molar refractivity (Wildman–Crippen MR) is 66.7 cm³/mol. The van der Waals surface area contributed by atoms with Crippen LogP contribution in [0.2, 0.25) is 0 Å². The van der Waals surface area contributed by atoms with Crippen LogP contribution in [0.5, 0.6) is 0 Å². The summed E-state index contributed by atoms with van der Waals surface area (Å²) in [7, 11) is 1.98. The summed E-state index contributed by atoms with van der Waals surface area (Å²) in [5, 5.41) is 3.15. The van der Waals surface area contributed by atoms with Gasteiger partial charge in [-0.05, 0) is 58.9 Å². The lowest BCUT2D eigenvalue weighted by Gasteiger charge is -2.12. The molecule has 88 valence electrons. The van der Waals surface area contributed by atoms with E-state index in [4.69, 9.17) is 4.74 Å². The third kappa shape index (κ3) is 7.20. The van der Waals surface area contributed by atoms with Crippen LogP contribution in [0.1, 0.15) is 47.0 Å². The van der Waals surface area contributed by atoms with Gasteiger partial charge in [-0.25, -0.2) is 0 Å². The standard InChI is InChI=1S/C13H25NO/c1-6-8-12(4)15-13(11(2)3)9-7-10-14-5/h8,14H,6-7,9-10H2,1-5H3/b12-8-. The predicted octanol–water partition coefficient (Wildman–Crippen LogP) is 3.61. The van der Waals surface area contributed by atoms with E-state index in [9.17, 15) is 0 Å². The van der Waals surface area contributed by atoms with Crippen molar-refractivity contribution in [1.29, 1.82) is 0 Å². The van der Waals surface area contributed by atoms with E-state index < -0.39 is 0 Å². The number of ether oxygens (including phenoxy) is 1. The highest BCUT2D eigenvalue weighted by Crippen LogP contribution is 2.16. The summed E-state index contributed by atoms with van der Waals surface area (Å²) in [5.74, 6) is 2.13. The highest BCUT2D eigenvalue weighted by Gasteiger charge is 2.02. The third-order valence-corrected chi connectivity index (χ3v) is 2.16. The van der Waals surface area contributed by atoms with Crippen molar-refractivity contribution in [3.8, 4) is 0 Å². The van der Waals surface area contributed by atoms with Crippen LogP contribution in [0.4, 0.5) is 0 Å². The van der Waals surface area contributed by atoms with Gasteiger partial charge in [-0.1, -0.05) is 6.92 Å². The monoisotopic (exact) mass is 211 g/mol. The first-order chi connectivity index (χ1) is 7.11. The molecule has 0 unspecified atom stereocenters. The van der Waals surface area contributed by atoms with Gasteiger partial charge in [0, 0.05) is 6.42 Å². The second-order valence-electron chi connectivity index (χ2n) is 3.96. The number of allylic oxidation sites excluding steroid dienone is 4. The molecule has 0 aromatic carbocycles. The molecule has 0 aromatic heterocycles. The zero-order chi connectivity index (χ0) is 11.7. The van der Waals surface area contributed by atoms with Gasteiger partial charge >= 0.3 is 0 Å². The fraction of sp³-hybridized carbons (Fsp3) is 0.692. The van der Waals surface area contributed by atoms with Gasteiger partial charge in [-0.15, -0.1) is 0 Å². The van der Waals surface area contributed by atoms with Gasteiger partial charge in [-0.3, -0.25) is 0 Å². The fourth-order valence-electron chi connectivity index (χ4n) is 1.35. The van der Waals surface area contributed by atoms with Gasteiger partial charge in [0.2, 0.25) is 0 Å². The van der Waals surface area contributed by atoms with Gasteiger partial charge in [0.1, 0.15) is 5.76 Å². The van der Waals surface area contributed by atoms with Gasteiger partial charge in [0.15, 0.2) is 0 Å². The lowest BCUT2D eigenvalue weighted by molar-refractivity contribution is 0.283. The average Bonchev–Trinajstić information content (AvgIpc) is 2.16. The molecule has 0 radical (unpaired) electrons. The fourth-order valence-corrected chi connectivity index (χ4v) is 1.35. The van der Waals surface area contributed by atoms with Crippen molar-refractivity contribution in [1.82, 2.24) is 5.32 Å². The zero-order valence-electron chi connectivity index (χ0n) is 10.8. The average molecular weight is 211 g/mol. The van der Waals surface area contributed by atoms with Crippen molar-refractivity contribution in [2.24, 2.45) is 0 Å². The lowest BCUT2D eigenvalue weighted by Crippen LogP contribution is -2.08. The molecule has 0 aromatic rings. The van der Waals surface area contributed by atoms with E-state index in [1.807, 2.05) is 14.0 Å². The van der Waals surface area contributed by atoms with Crippen LogP contribution in [0.3, 0.4) is 0 Å². The van der Waals surface area contributed by atoms with E-state index in [1.165, 1.54) is 5.57 Å². The number of rotatable bonds is 7. The Morgan fingerprint density at radius 3 is 2.40 bits per heavy atom. The van der Waals surface area contributed by atoms with Crippen LogP contribution >= 0.6 is 0 Å². The number of hydrogen-bond acceptors (Lipinski definition) is 2. The van der Waals surface area contributed by atoms with Crippen LogP contribution in [0, 0.1) is 0 Å². The maximum absolute atomic E-state index is 5.81. The summed E-state index contributed by atoms with van der Waals surface area (Å²) >= 11 is 0. The van der Waals surface area contributed by atoms with E-state index in [0.717, 1.165) is 37.3 Å². The van der Waals surface area contributed by atoms with Crippen LogP contribution in [-0.2, 0) is 4.74 Å². The van der Waals surface area contributed by atoms with Crippen molar-refractivity contribution >= 4 is 0 Å². The molecule has 0 aliphatic carbocycles. The van der Waals surface area contributed by atoms with Crippen molar-refractivity contribution in [3.63, 3.8) is 0 Å². The Balaban J connectivity index is 4.19. The molecule has 0 spiro atoms. The normalized spacial score (nSPS) is 11.4. The van der Waals surface area contributed by atoms with Crippen LogP contribution < -0.4 is 5.32 Å². The molecule has 0 amide bonds. The summed E-state index contributed by atoms with van der Waals surface area (Å²) in [4.78, 5) is 0. The molecule has 0 atom stereocenters. The Labute approximate surface area is 94.4 Å². The van der Waals surface area contributed by atoms with Crippen molar-refractivity contribution in [3.05, 3.63) is 23.2 Å². The number of nitrogens with one attached hydrogen (secondary N) is 1. The van der Waals surface area contributed by atoms with Crippen LogP contribution in [0.25, 0.3) is 0 Å². The highest BCUT2D eigenvalue weighted by molar-refractivity contribution is 5.06. The van der Waals surface area contributed by atoms with Crippen molar-refractivity contribution in [2.45, 2.75) is 47.0 Å². The maximum Gasteiger partial charge on any atom is 0.102 e. The molecule has 0 bridgehead atoms. The molecule has 0 fully saturated rings. The second-order valence-corrected chi connectivity index (χ2v) is 3.96. The van der Waals surface area contributed by atoms with Gasteiger partial charge in [0.05, 0.1) is 5.76 Å². The molecule has 2 heteroatoms. The smallest absolute Gasteiger partial charge is 0.102 e. The number of hydrogen-bond donors (Lipinski definition) is 1. The van der Waals surface area contributed by atoms with E-state index in [-0.39, 0.29) is 0 Å². The summed E-state index contributed by atoms with van der Waals surface area (Å²) in [5.41, 5.74) is 1.27. The summed E-state index contributed by atoms with van der Waals surface area (Å²) < 4.78 is 5.81. The maximum atomic E-state index is 5.81. The molecule has 0 rings (SSSR count). The molecular formula is C13H25NO. The minimum atomic E-state index is 1.01. The highest BCUT2D eigenvalue weighted by atomic mass is 16.5. The minimum Gasteiger partial charge on any atom is -0.467 e. The first-order valence-electron chi connectivity index (χ1n) is 5.77. The first-order valence-corrected chi connectivity index (χ1v) is 5.77. The Bertz CT molecular complexity index is 225. The van der Waals surface area contributed by atoms with Crippen LogP contribution in [-0.4, -0.2) is 13.6 Å². The minimum absolute atomic E-state index is 1.01. The van der Waals surface area contributed by atoms with Crippen LogP contribution in [0.15, 0.2) is 23.2 Å². The van der Waals surface area contributed by atoms with Gasteiger partial charge in [0.25, 0.3) is 0 Å². The van der Waals surface area contributed by atoms with Gasteiger partial charge < -0.3 is 10.1 Å². The summed E-state index contributed by atoms with van der Waals surface area (Å²) in [6, 6.07) is 0. The lowest BCUT2D eigenvalue weighted by atomic mass is 10.2.